The van der Waals surface area contributed by atoms with Crippen molar-refractivity contribution in [1.82, 2.24) is 5.32 Å². The predicted molar refractivity (Wildman–Crippen MR) is 63.6 cm³/mol. The van der Waals surface area contributed by atoms with Crippen LogP contribution in [0.4, 0.5) is 0 Å². The molecule has 1 amide bonds. The van der Waals surface area contributed by atoms with Crippen molar-refractivity contribution in [2.24, 2.45) is 5.73 Å². The number of nitrogens with one attached hydrogen (secondary N) is 1. The molecular weight excluding hydrogens is 220 g/mol. The Kier molecular flexibility index (Phi) is 4.01. The first-order valence-electron chi connectivity index (χ1n) is 6.45. The molecule has 2 saturated heterocycles. The number of carbonyl (C=O) groups excluding carboxylic acids is 1. The lowest BCUT2D eigenvalue weighted by Crippen LogP contribution is -2.42. The summed E-state index contributed by atoms with van der Waals surface area (Å²) in [6.45, 7) is 4.49. The SMILES string of the molecule is CCC(OC1COC2(CCNCC2)C1)C(N)=O. The summed E-state index contributed by atoms with van der Waals surface area (Å²) in [6.07, 6.45) is 3.12. The van der Waals surface area contributed by atoms with Gasteiger partial charge in [0.15, 0.2) is 0 Å². The molecule has 0 aliphatic carbocycles. The van der Waals surface area contributed by atoms with Crippen LogP contribution in [0.3, 0.4) is 0 Å². The minimum Gasteiger partial charge on any atom is -0.372 e. The summed E-state index contributed by atoms with van der Waals surface area (Å²) in [6, 6.07) is 0. The number of nitrogens with two attached hydrogens (primary N) is 1. The monoisotopic (exact) mass is 242 g/mol. The Labute approximate surface area is 102 Å². The standard InChI is InChI=1S/C12H22N2O3/c1-2-10(11(13)15)17-9-7-12(16-8-9)3-5-14-6-4-12/h9-10,14H,2-8H2,1H3,(H2,13,15). The molecule has 3 N–H and O–H groups in total. The summed E-state index contributed by atoms with van der Waals surface area (Å²) in [5, 5.41) is 3.33. The van der Waals surface area contributed by atoms with Crippen LogP contribution in [0.2, 0.25) is 0 Å². The van der Waals surface area contributed by atoms with Gasteiger partial charge in [-0.3, -0.25) is 4.79 Å². The van der Waals surface area contributed by atoms with Crippen molar-refractivity contribution >= 4 is 5.91 Å². The van der Waals surface area contributed by atoms with Gasteiger partial charge in [0, 0.05) is 6.42 Å². The van der Waals surface area contributed by atoms with Gasteiger partial charge in [0.1, 0.15) is 6.10 Å². The first kappa shape index (κ1) is 12.8. The maximum absolute atomic E-state index is 11.1. The average Bonchev–Trinajstić information content (AvgIpc) is 2.70. The molecule has 2 fully saturated rings. The van der Waals surface area contributed by atoms with Crippen LogP contribution < -0.4 is 11.1 Å². The van der Waals surface area contributed by atoms with Crippen molar-refractivity contribution in [3.8, 4) is 0 Å². The van der Waals surface area contributed by atoms with Gasteiger partial charge in [-0.25, -0.2) is 0 Å². The Morgan fingerprint density at radius 1 is 1.59 bits per heavy atom. The highest BCUT2D eigenvalue weighted by atomic mass is 16.6. The maximum Gasteiger partial charge on any atom is 0.246 e. The lowest BCUT2D eigenvalue weighted by Gasteiger charge is -2.32. The molecule has 17 heavy (non-hydrogen) atoms. The van der Waals surface area contributed by atoms with Crippen LogP contribution in [-0.4, -0.2) is 43.4 Å². The smallest absolute Gasteiger partial charge is 0.246 e. The van der Waals surface area contributed by atoms with Gasteiger partial charge in [-0.05, 0) is 32.4 Å². The number of amides is 1. The van der Waals surface area contributed by atoms with Crippen LogP contribution in [0, 0.1) is 0 Å². The summed E-state index contributed by atoms with van der Waals surface area (Å²) < 4.78 is 11.6. The topological polar surface area (TPSA) is 73.6 Å². The highest BCUT2D eigenvalue weighted by Gasteiger charge is 2.42. The number of rotatable bonds is 4. The Morgan fingerprint density at radius 3 is 2.88 bits per heavy atom. The molecule has 0 bridgehead atoms. The fourth-order valence-electron chi connectivity index (χ4n) is 2.72. The van der Waals surface area contributed by atoms with E-state index >= 15 is 0 Å². The van der Waals surface area contributed by atoms with E-state index in [0.717, 1.165) is 32.4 Å². The second-order valence-electron chi connectivity index (χ2n) is 5.01. The molecule has 2 aliphatic rings. The van der Waals surface area contributed by atoms with Gasteiger partial charge in [-0.2, -0.15) is 0 Å². The summed E-state index contributed by atoms with van der Waals surface area (Å²) in [7, 11) is 0. The fraction of sp³-hybridized carbons (Fsp3) is 0.917. The number of piperidine rings is 1. The van der Waals surface area contributed by atoms with E-state index in [0.29, 0.717) is 13.0 Å². The summed E-state index contributed by atoms with van der Waals surface area (Å²) >= 11 is 0. The highest BCUT2D eigenvalue weighted by molar-refractivity contribution is 5.78. The van der Waals surface area contributed by atoms with Gasteiger partial charge in [0.05, 0.1) is 18.3 Å². The van der Waals surface area contributed by atoms with E-state index < -0.39 is 6.10 Å². The summed E-state index contributed by atoms with van der Waals surface area (Å²) in [5.41, 5.74) is 5.26. The van der Waals surface area contributed by atoms with Gasteiger partial charge in [-0.15, -0.1) is 0 Å². The van der Waals surface area contributed by atoms with Gasteiger partial charge < -0.3 is 20.5 Å². The van der Waals surface area contributed by atoms with E-state index in [2.05, 4.69) is 5.32 Å². The van der Waals surface area contributed by atoms with E-state index in [9.17, 15) is 4.79 Å². The van der Waals surface area contributed by atoms with E-state index in [1.807, 2.05) is 6.92 Å². The molecule has 0 aromatic heterocycles. The first-order chi connectivity index (χ1) is 8.15. The van der Waals surface area contributed by atoms with E-state index in [-0.39, 0.29) is 17.6 Å². The fourth-order valence-corrected chi connectivity index (χ4v) is 2.72. The van der Waals surface area contributed by atoms with Gasteiger partial charge in [-0.1, -0.05) is 6.92 Å². The Bertz CT molecular complexity index is 277. The summed E-state index contributed by atoms with van der Waals surface area (Å²) in [4.78, 5) is 11.1. The molecule has 0 saturated carbocycles. The Balaban J connectivity index is 1.86. The quantitative estimate of drug-likeness (QED) is 0.737. The molecule has 2 unspecified atom stereocenters. The molecule has 2 aliphatic heterocycles. The third-order valence-electron chi connectivity index (χ3n) is 3.73. The van der Waals surface area contributed by atoms with Crippen LogP contribution in [0.1, 0.15) is 32.6 Å². The third-order valence-corrected chi connectivity index (χ3v) is 3.73. The second kappa shape index (κ2) is 5.33. The van der Waals surface area contributed by atoms with E-state index in [4.69, 9.17) is 15.2 Å². The van der Waals surface area contributed by atoms with Crippen LogP contribution in [-0.2, 0) is 14.3 Å². The van der Waals surface area contributed by atoms with Crippen LogP contribution in [0.5, 0.6) is 0 Å². The van der Waals surface area contributed by atoms with Gasteiger partial charge in [0.2, 0.25) is 5.91 Å². The lowest BCUT2D eigenvalue weighted by molar-refractivity contribution is -0.133. The second-order valence-corrected chi connectivity index (χ2v) is 5.01. The van der Waals surface area contributed by atoms with E-state index in [1.165, 1.54) is 0 Å². The molecule has 2 atom stereocenters. The molecule has 5 heteroatoms. The van der Waals surface area contributed by atoms with Crippen LogP contribution >= 0.6 is 0 Å². The molecule has 98 valence electrons. The minimum atomic E-state index is -0.472. The van der Waals surface area contributed by atoms with Crippen molar-refractivity contribution in [2.75, 3.05) is 19.7 Å². The lowest BCUT2D eigenvalue weighted by atomic mass is 9.89. The first-order valence-corrected chi connectivity index (χ1v) is 6.45. The molecule has 2 heterocycles. The van der Waals surface area contributed by atoms with Crippen LogP contribution in [0.25, 0.3) is 0 Å². The van der Waals surface area contributed by atoms with Crippen LogP contribution in [0.15, 0.2) is 0 Å². The zero-order valence-corrected chi connectivity index (χ0v) is 10.4. The minimum absolute atomic E-state index is 0.0190. The molecule has 1 spiro atoms. The third kappa shape index (κ3) is 2.97. The number of hydrogen-bond acceptors (Lipinski definition) is 4. The van der Waals surface area contributed by atoms with Crippen molar-refractivity contribution in [1.29, 1.82) is 0 Å². The molecule has 2 rings (SSSR count). The zero-order valence-electron chi connectivity index (χ0n) is 10.4. The maximum atomic E-state index is 11.1. The van der Waals surface area contributed by atoms with Crippen molar-refractivity contribution in [3.63, 3.8) is 0 Å². The van der Waals surface area contributed by atoms with Crippen molar-refractivity contribution in [3.05, 3.63) is 0 Å². The Hall–Kier alpha value is -0.650. The summed E-state index contributed by atoms with van der Waals surface area (Å²) in [5.74, 6) is -0.376. The predicted octanol–water partition coefficient (Wildman–Crippen LogP) is 0.178. The molecule has 0 aromatic carbocycles. The Morgan fingerprint density at radius 2 is 2.29 bits per heavy atom. The molecule has 0 radical (unpaired) electrons. The largest absolute Gasteiger partial charge is 0.372 e. The number of primary amides is 1. The molecule has 0 aromatic rings. The van der Waals surface area contributed by atoms with Gasteiger partial charge in [0.25, 0.3) is 0 Å². The molecule has 5 nitrogen and oxygen atoms in total. The average molecular weight is 242 g/mol. The van der Waals surface area contributed by atoms with Crippen molar-refractivity contribution in [2.45, 2.75) is 50.4 Å². The zero-order chi connectivity index (χ0) is 12.3. The number of ether oxygens (including phenoxy) is 2. The highest BCUT2D eigenvalue weighted by Crippen LogP contribution is 2.35. The van der Waals surface area contributed by atoms with Gasteiger partial charge >= 0.3 is 0 Å². The number of hydrogen-bond donors (Lipinski definition) is 2. The normalized spacial score (nSPS) is 29.4. The van der Waals surface area contributed by atoms with E-state index in [1.54, 1.807) is 0 Å². The number of carbonyl (C=O) groups is 1. The van der Waals surface area contributed by atoms with Crippen molar-refractivity contribution < 1.29 is 14.3 Å². The molecular formula is C12H22N2O3.